The number of nitrogens with zero attached hydrogens (tertiary/aromatic N) is 3. The lowest BCUT2D eigenvalue weighted by Crippen LogP contribution is -2.34. The van der Waals surface area contributed by atoms with Gasteiger partial charge in [-0.15, -0.1) is 10.2 Å². The molecule has 1 heterocycles. The maximum Gasteiger partial charge on any atom is 0.233 e. The number of rotatable bonds is 11. The second kappa shape index (κ2) is 10.9. The van der Waals surface area contributed by atoms with Crippen LogP contribution in [0.25, 0.3) is 0 Å². The van der Waals surface area contributed by atoms with E-state index in [-0.39, 0.29) is 29.4 Å². The largest absolute Gasteiger partial charge is 0.355 e. The quantitative estimate of drug-likeness (QED) is 0.523. The molecule has 1 fully saturated rings. The van der Waals surface area contributed by atoms with Crippen molar-refractivity contribution >= 4 is 46.7 Å². The van der Waals surface area contributed by atoms with E-state index >= 15 is 0 Å². The number of halogens is 1. The highest BCUT2D eigenvalue weighted by atomic mass is 32.2. The molecule has 10 heteroatoms. The predicted octanol–water partition coefficient (Wildman–Crippen LogP) is 3.58. The Morgan fingerprint density at radius 1 is 1.21 bits per heavy atom. The lowest BCUT2D eigenvalue weighted by atomic mass is 10.2. The molecule has 1 aromatic heterocycles. The van der Waals surface area contributed by atoms with Crippen LogP contribution in [0.3, 0.4) is 0 Å². The Morgan fingerprint density at radius 2 is 1.90 bits per heavy atom. The van der Waals surface area contributed by atoms with E-state index in [4.69, 9.17) is 0 Å². The summed E-state index contributed by atoms with van der Waals surface area (Å²) in [7, 11) is 0. The van der Waals surface area contributed by atoms with Crippen molar-refractivity contribution in [1.29, 1.82) is 0 Å². The zero-order chi connectivity index (χ0) is 20.6. The summed E-state index contributed by atoms with van der Waals surface area (Å²) in [4.78, 5) is 26.1. The molecule has 29 heavy (non-hydrogen) atoms. The first-order chi connectivity index (χ1) is 14.1. The first-order valence-electron chi connectivity index (χ1n) is 9.45. The molecular weight excluding hydrogens is 431 g/mol. The third-order valence-corrected chi connectivity index (χ3v) is 7.39. The second-order valence-electron chi connectivity index (χ2n) is 6.61. The highest BCUT2D eigenvalue weighted by Crippen LogP contribution is 2.32. The van der Waals surface area contributed by atoms with Crippen LogP contribution in [0.4, 0.5) is 4.39 Å². The molecular formula is C19H23FN4O2S3. The number of carbonyl (C=O) groups is 2. The molecule has 3 rings (SSSR count). The van der Waals surface area contributed by atoms with E-state index in [1.54, 1.807) is 23.1 Å². The monoisotopic (exact) mass is 454 g/mol. The van der Waals surface area contributed by atoms with Crippen LogP contribution in [0.1, 0.15) is 31.7 Å². The number of hydrogen-bond donors (Lipinski definition) is 1. The Labute approximate surface area is 182 Å². The minimum absolute atomic E-state index is 0.0235. The molecule has 1 N–H and O–H groups in total. The zero-order valence-electron chi connectivity index (χ0n) is 16.1. The molecule has 0 aliphatic heterocycles. The van der Waals surface area contributed by atoms with Gasteiger partial charge in [0.2, 0.25) is 11.8 Å². The number of aromatic nitrogens is 2. The van der Waals surface area contributed by atoms with Gasteiger partial charge in [-0.1, -0.05) is 60.0 Å². The molecule has 2 amide bonds. The number of benzene rings is 1. The van der Waals surface area contributed by atoms with Crippen LogP contribution >= 0.6 is 34.9 Å². The Morgan fingerprint density at radius 3 is 2.55 bits per heavy atom. The van der Waals surface area contributed by atoms with Crippen LogP contribution in [0.15, 0.2) is 32.9 Å². The number of carbonyl (C=O) groups excluding carboxylic acids is 2. The van der Waals surface area contributed by atoms with Gasteiger partial charge in [0.1, 0.15) is 5.82 Å². The van der Waals surface area contributed by atoms with E-state index in [1.807, 2.05) is 6.92 Å². The summed E-state index contributed by atoms with van der Waals surface area (Å²) in [5.41, 5.74) is 0.536. The summed E-state index contributed by atoms with van der Waals surface area (Å²) in [6.07, 6.45) is 2.83. The topological polar surface area (TPSA) is 75.2 Å². The lowest BCUT2D eigenvalue weighted by molar-refractivity contribution is -0.129. The summed E-state index contributed by atoms with van der Waals surface area (Å²) < 4.78 is 15.4. The van der Waals surface area contributed by atoms with Crippen molar-refractivity contribution in [2.24, 2.45) is 0 Å². The van der Waals surface area contributed by atoms with Crippen LogP contribution in [-0.4, -0.2) is 51.0 Å². The van der Waals surface area contributed by atoms with Crippen LogP contribution < -0.4 is 5.32 Å². The van der Waals surface area contributed by atoms with Crippen LogP contribution in [0.5, 0.6) is 0 Å². The summed E-state index contributed by atoms with van der Waals surface area (Å²) in [6.45, 7) is 2.97. The molecule has 1 aliphatic rings. The smallest absolute Gasteiger partial charge is 0.233 e. The average molecular weight is 455 g/mol. The van der Waals surface area contributed by atoms with Gasteiger partial charge in [0, 0.05) is 24.7 Å². The normalized spacial score (nSPS) is 13.3. The van der Waals surface area contributed by atoms with E-state index in [0.29, 0.717) is 33.1 Å². The van der Waals surface area contributed by atoms with E-state index in [2.05, 4.69) is 15.5 Å². The maximum atomic E-state index is 14.0. The van der Waals surface area contributed by atoms with E-state index in [9.17, 15) is 14.0 Å². The number of thioether (sulfide) groups is 2. The molecule has 0 atom stereocenters. The van der Waals surface area contributed by atoms with Gasteiger partial charge in [-0.2, -0.15) is 0 Å². The van der Waals surface area contributed by atoms with Crippen molar-refractivity contribution in [3.05, 3.63) is 35.6 Å². The second-order valence-corrected chi connectivity index (χ2v) is 10.0. The fraction of sp³-hybridized carbons (Fsp3) is 0.474. The van der Waals surface area contributed by atoms with Crippen molar-refractivity contribution in [1.82, 2.24) is 20.4 Å². The van der Waals surface area contributed by atoms with Crippen LogP contribution in [0.2, 0.25) is 0 Å². The van der Waals surface area contributed by atoms with Gasteiger partial charge in [-0.05, 0) is 25.3 Å². The molecule has 6 nitrogen and oxygen atoms in total. The predicted molar refractivity (Wildman–Crippen MR) is 115 cm³/mol. The van der Waals surface area contributed by atoms with Gasteiger partial charge in [-0.3, -0.25) is 9.59 Å². The fourth-order valence-corrected chi connectivity index (χ4v) is 5.32. The molecule has 0 bridgehead atoms. The fourth-order valence-electron chi connectivity index (χ4n) is 2.58. The molecule has 0 spiro atoms. The standard InChI is InChI=1S/C19H23FN4O2S3/c1-2-9-21-16(25)11-27-18-22-23-19(29-18)28-12-17(26)24(14-7-8-14)10-13-5-3-4-6-15(13)20/h3-6,14H,2,7-12H2,1H3,(H,21,25). The summed E-state index contributed by atoms with van der Waals surface area (Å²) in [5, 5.41) is 11.0. The zero-order valence-corrected chi connectivity index (χ0v) is 18.5. The van der Waals surface area contributed by atoms with Gasteiger partial charge in [0.15, 0.2) is 8.68 Å². The minimum atomic E-state index is -0.285. The van der Waals surface area contributed by atoms with Gasteiger partial charge >= 0.3 is 0 Å². The van der Waals surface area contributed by atoms with Crippen molar-refractivity contribution in [3.8, 4) is 0 Å². The third-order valence-electron chi connectivity index (χ3n) is 4.21. The van der Waals surface area contributed by atoms with Crippen molar-refractivity contribution in [2.75, 3.05) is 18.1 Å². The molecule has 0 unspecified atom stereocenters. The summed E-state index contributed by atoms with van der Waals surface area (Å²) >= 11 is 4.05. The van der Waals surface area contributed by atoms with Crippen molar-refractivity contribution < 1.29 is 14.0 Å². The number of hydrogen-bond acceptors (Lipinski definition) is 7. The molecule has 156 valence electrons. The van der Waals surface area contributed by atoms with Gasteiger partial charge < -0.3 is 10.2 Å². The highest BCUT2D eigenvalue weighted by Gasteiger charge is 2.33. The molecule has 2 aromatic rings. The van der Waals surface area contributed by atoms with Gasteiger partial charge in [-0.25, -0.2) is 4.39 Å². The third kappa shape index (κ3) is 6.97. The molecule has 1 saturated carbocycles. The summed E-state index contributed by atoms with van der Waals surface area (Å²) in [6, 6.07) is 6.77. The first kappa shape index (κ1) is 22.0. The van der Waals surface area contributed by atoms with Crippen molar-refractivity contribution in [3.63, 3.8) is 0 Å². The summed E-state index contributed by atoms with van der Waals surface area (Å²) in [5.74, 6) is 0.207. The average Bonchev–Trinajstić information content (AvgIpc) is 3.46. The highest BCUT2D eigenvalue weighted by molar-refractivity contribution is 8.03. The van der Waals surface area contributed by atoms with Crippen LogP contribution in [0, 0.1) is 5.82 Å². The maximum absolute atomic E-state index is 14.0. The Bertz CT molecular complexity index is 844. The molecule has 1 aliphatic carbocycles. The van der Waals surface area contributed by atoms with E-state index in [0.717, 1.165) is 19.3 Å². The minimum Gasteiger partial charge on any atom is -0.355 e. The van der Waals surface area contributed by atoms with Gasteiger partial charge in [0.05, 0.1) is 11.5 Å². The Kier molecular flexibility index (Phi) is 8.31. The Hall–Kier alpha value is -1.65. The van der Waals surface area contributed by atoms with Crippen LogP contribution in [-0.2, 0) is 16.1 Å². The lowest BCUT2D eigenvalue weighted by Gasteiger charge is -2.22. The molecule has 0 saturated heterocycles. The van der Waals surface area contributed by atoms with Gasteiger partial charge in [0.25, 0.3) is 0 Å². The molecule has 0 radical (unpaired) electrons. The number of nitrogens with one attached hydrogen (secondary N) is 1. The SMILES string of the molecule is CCCNC(=O)CSc1nnc(SCC(=O)N(Cc2ccccc2F)C2CC2)s1. The number of amides is 2. The Balaban J connectivity index is 1.48. The van der Waals surface area contributed by atoms with E-state index < -0.39 is 0 Å². The first-order valence-corrected chi connectivity index (χ1v) is 12.2. The van der Waals surface area contributed by atoms with Crippen molar-refractivity contribution in [2.45, 2.75) is 47.5 Å². The molecule has 1 aromatic carbocycles. The van der Waals surface area contributed by atoms with E-state index in [1.165, 1.54) is 40.9 Å².